The third-order valence-corrected chi connectivity index (χ3v) is 4.29. The molecule has 0 aliphatic carbocycles. The number of fused-ring (bicyclic) bond motifs is 1. The van der Waals surface area contributed by atoms with Gasteiger partial charge in [0, 0.05) is 6.07 Å². The zero-order chi connectivity index (χ0) is 18.8. The fourth-order valence-electron chi connectivity index (χ4n) is 2.69. The average Bonchev–Trinajstić information content (AvgIpc) is 3.13. The van der Waals surface area contributed by atoms with Gasteiger partial charge in [0.1, 0.15) is 29.1 Å². The van der Waals surface area contributed by atoms with E-state index in [0.717, 1.165) is 5.52 Å². The van der Waals surface area contributed by atoms with Crippen LogP contribution in [0.1, 0.15) is 11.1 Å². The average molecular weight is 372 g/mol. The van der Waals surface area contributed by atoms with E-state index in [1.807, 2.05) is 36.4 Å². The lowest BCUT2D eigenvalue weighted by atomic mass is 10.1. The fourth-order valence-corrected chi connectivity index (χ4v) is 2.87. The van der Waals surface area contributed by atoms with E-state index in [9.17, 15) is 10.5 Å². The number of para-hydroxylation sites is 2. The summed E-state index contributed by atoms with van der Waals surface area (Å²) in [6.45, 7) is 0. The molecule has 0 N–H and O–H groups in total. The first-order valence-electron chi connectivity index (χ1n) is 7.92. The third-order valence-electron chi connectivity index (χ3n) is 3.98. The minimum absolute atomic E-state index is 0.202. The van der Waals surface area contributed by atoms with Crippen LogP contribution in [0.3, 0.4) is 0 Å². The summed E-state index contributed by atoms with van der Waals surface area (Å²) in [6.07, 6.45) is 0. The van der Waals surface area contributed by atoms with E-state index in [4.69, 9.17) is 16.3 Å². The SMILES string of the molecule is N#Cc1cc(Oc2ccccc2Cl)c(-n2nnc3ccccc32)cc1C#N. The van der Waals surface area contributed by atoms with E-state index in [-0.39, 0.29) is 11.1 Å². The Morgan fingerprint density at radius 2 is 1.59 bits per heavy atom. The topological polar surface area (TPSA) is 87.5 Å². The summed E-state index contributed by atoms with van der Waals surface area (Å²) in [4.78, 5) is 0. The molecule has 4 aromatic rings. The van der Waals surface area contributed by atoms with Gasteiger partial charge in [0.2, 0.25) is 0 Å². The molecule has 0 fully saturated rings. The van der Waals surface area contributed by atoms with Crippen LogP contribution < -0.4 is 4.74 Å². The van der Waals surface area contributed by atoms with Crippen molar-refractivity contribution in [3.63, 3.8) is 0 Å². The van der Waals surface area contributed by atoms with E-state index in [1.165, 1.54) is 6.07 Å². The molecule has 0 atom stereocenters. The maximum Gasteiger partial charge on any atom is 0.154 e. The molecule has 0 saturated carbocycles. The van der Waals surface area contributed by atoms with Gasteiger partial charge >= 0.3 is 0 Å². The molecule has 128 valence electrons. The molecular formula is C20H10ClN5O. The van der Waals surface area contributed by atoms with E-state index in [0.29, 0.717) is 27.7 Å². The monoisotopic (exact) mass is 371 g/mol. The highest BCUT2D eigenvalue weighted by Gasteiger charge is 2.17. The van der Waals surface area contributed by atoms with Gasteiger partial charge in [0.05, 0.1) is 21.7 Å². The van der Waals surface area contributed by atoms with Crippen LogP contribution >= 0.6 is 11.6 Å². The van der Waals surface area contributed by atoms with Crippen LogP contribution in [0, 0.1) is 22.7 Å². The summed E-state index contributed by atoms with van der Waals surface area (Å²) in [5, 5.41) is 27.5. The Balaban J connectivity index is 1.96. The summed E-state index contributed by atoms with van der Waals surface area (Å²) < 4.78 is 7.55. The second-order valence-corrected chi connectivity index (χ2v) is 6.02. The lowest BCUT2D eigenvalue weighted by Gasteiger charge is -2.13. The number of hydrogen-bond donors (Lipinski definition) is 0. The molecule has 1 aromatic heterocycles. The Morgan fingerprint density at radius 3 is 2.37 bits per heavy atom. The van der Waals surface area contributed by atoms with Crippen molar-refractivity contribution in [3.05, 3.63) is 76.8 Å². The van der Waals surface area contributed by atoms with Crippen LogP contribution in [0.5, 0.6) is 11.5 Å². The predicted molar refractivity (Wildman–Crippen MR) is 99.8 cm³/mol. The summed E-state index contributed by atoms with van der Waals surface area (Å²) in [7, 11) is 0. The van der Waals surface area contributed by atoms with Gasteiger partial charge in [0.15, 0.2) is 5.75 Å². The van der Waals surface area contributed by atoms with Gasteiger partial charge in [0.25, 0.3) is 0 Å². The first-order chi connectivity index (χ1) is 13.2. The number of benzene rings is 3. The lowest BCUT2D eigenvalue weighted by molar-refractivity contribution is 0.478. The maximum atomic E-state index is 9.40. The van der Waals surface area contributed by atoms with E-state index in [1.54, 1.807) is 35.0 Å². The van der Waals surface area contributed by atoms with Crippen molar-refractivity contribution in [1.82, 2.24) is 15.0 Å². The second-order valence-electron chi connectivity index (χ2n) is 5.61. The molecule has 0 aliphatic heterocycles. The Morgan fingerprint density at radius 1 is 0.889 bits per heavy atom. The molecule has 1 heterocycles. The van der Waals surface area contributed by atoms with Crippen LogP contribution in [-0.4, -0.2) is 15.0 Å². The van der Waals surface area contributed by atoms with Crippen molar-refractivity contribution in [3.8, 4) is 29.3 Å². The number of aromatic nitrogens is 3. The molecule has 0 aliphatic rings. The van der Waals surface area contributed by atoms with Gasteiger partial charge in [-0.15, -0.1) is 5.10 Å². The number of nitriles is 2. The number of hydrogen-bond acceptors (Lipinski definition) is 5. The summed E-state index contributed by atoms with van der Waals surface area (Å²) in [6, 6.07) is 21.6. The molecule has 0 unspecified atom stereocenters. The molecule has 0 spiro atoms. The molecule has 0 amide bonds. The van der Waals surface area contributed by atoms with Gasteiger partial charge in [-0.25, -0.2) is 4.68 Å². The lowest BCUT2D eigenvalue weighted by Crippen LogP contribution is -2.02. The smallest absolute Gasteiger partial charge is 0.154 e. The molecule has 0 bridgehead atoms. The van der Waals surface area contributed by atoms with Crippen LogP contribution in [0.25, 0.3) is 16.7 Å². The first kappa shape index (κ1) is 16.6. The predicted octanol–water partition coefficient (Wildman–Crippen LogP) is 4.61. The molecule has 4 rings (SSSR count). The molecule has 0 radical (unpaired) electrons. The zero-order valence-electron chi connectivity index (χ0n) is 13.8. The summed E-state index contributed by atoms with van der Waals surface area (Å²) >= 11 is 6.20. The Bertz CT molecular complexity index is 1250. The molecule has 27 heavy (non-hydrogen) atoms. The number of rotatable bonds is 3. The normalized spacial score (nSPS) is 10.3. The second kappa shape index (κ2) is 6.80. The Kier molecular flexibility index (Phi) is 4.18. The molecular weight excluding hydrogens is 362 g/mol. The number of halogens is 1. The van der Waals surface area contributed by atoms with Crippen LogP contribution in [0.2, 0.25) is 5.02 Å². The summed E-state index contributed by atoms with van der Waals surface area (Å²) in [5.74, 6) is 0.771. The number of ether oxygens (including phenoxy) is 1. The van der Waals surface area contributed by atoms with Crippen LogP contribution in [-0.2, 0) is 0 Å². The highest BCUT2D eigenvalue weighted by Crippen LogP contribution is 2.35. The molecule has 6 nitrogen and oxygen atoms in total. The van der Waals surface area contributed by atoms with Crippen molar-refractivity contribution in [1.29, 1.82) is 10.5 Å². The molecule has 3 aromatic carbocycles. The van der Waals surface area contributed by atoms with Gasteiger partial charge in [-0.2, -0.15) is 10.5 Å². The largest absolute Gasteiger partial charge is 0.453 e. The fraction of sp³-hybridized carbons (Fsp3) is 0. The third kappa shape index (κ3) is 2.95. The summed E-state index contributed by atoms with van der Waals surface area (Å²) in [5.41, 5.74) is 2.35. The van der Waals surface area contributed by atoms with Crippen molar-refractivity contribution in [2.45, 2.75) is 0 Å². The van der Waals surface area contributed by atoms with Crippen molar-refractivity contribution < 1.29 is 4.74 Å². The van der Waals surface area contributed by atoms with Gasteiger partial charge in [-0.3, -0.25) is 0 Å². The van der Waals surface area contributed by atoms with Gasteiger partial charge < -0.3 is 4.74 Å². The van der Waals surface area contributed by atoms with E-state index >= 15 is 0 Å². The zero-order valence-corrected chi connectivity index (χ0v) is 14.6. The van der Waals surface area contributed by atoms with E-state index in [2.05, 4.69) is 10.3 Å². The van der Waals surface area contributed by atoms with Crippen molar-refractivity contribution in [2.75, 3.05) is 0 Å². The van der Waals surface area contributed by atoms with Crippen molar-refractivity contribution in [2.24, 2.45) is 0 Å². The van der Waals surface area contributed by atoms with Crippen LogP contribution in [0.15, 0.2) is 60.7 Å². The van der Waals surface area contributed by atoms with Gasteiger partial charge in [-0.1, -0.05) is 41.1 Å². The Hall–Kier alpha value is -3.87. The molecule has 0 saturated heterocycles. The highest BCUT2D eigenvalue weighted by molar-refractivity contribution is 6.32. The van der Waals surface area contributed by atoms with Gasteiger partial charge in [-0.05, 0) is 30.3 Å². The quantitative estimate of drug-likeness (QED) is 0.524. The standard InChI is InChI=1S/C20H10ClN5O/c21-15-5-1-4-8-19(15)27-20-10-14(12-23)13(11-22)9-18(20)26-17-7-3-2-6-16(17)24-25-26/h1-10H. The first-order valence-corrected chi connectivity index (χ1v) is 8.30. The Labute approximate surface area is 159 Å². The minimum atomic E-state index is 0.202. The maximum absolute atomic E-state index is 9.40. The van der Waals surface area contributed by atoms with Crippen LogP contribution in [0.4, 0.5) is 0 Å². The highest BCUT2D eigenvalue weighted by atomic mass is 35.5. The van der Waals surface area contributed by atoms with E-state index < -0.39 is 0 Å². The minimum Gasteiger partial charge on any atom is -0.453 e. The number of nitrogens with zero attached hydrogens (tertiary/aromatic N) is 5. The molecule has 7 heteroatoms. The van der Waals surface area contributed by atoms with Crippen molar-refractivity contribution >= 4 is 22.6 Å².